The Morgan fingerprint density at radius 3 is 2.89 bits per heavy atom. The predicted octanol–water partition coefficient (Wildman–Crippen LogP) is 2.54. The van der Waals surface area contributed by atoms with Crippen molar-refractivity contribution in [3.63, 3.8) is 0 Å². The highest BCUT2D eigenvalue weighted by molar-refractivity contribution is 7.09. The summed E-state index contributed by atoms with van der Waals surface area (Å²) in [6, 6.07) is -0.771. The second kappa shape index (κ2) is 6.29. The van der Waals surface area contributed by atoms with Crippen LogP contribution in [0.1, 0.15) is 55.1 Å². The molecular weight excluding hydrogens is 248 g/mol. The zero-order chi connectivity index (χ0) is 13.0. The molecule has 5 heteroatoms. The summed E-state index contributed by atoms with van der Waals surface area (Å²) in [6.45, 7) is 0. The fraction of sp³-hybridized carbons (Fsp3) is 0.692. The van der Waals surface area contributed by atoms with E-state index in [0.717, 1.165) is 5.01 Å². The van der Waals surface area contributed by atoms with E-state index in [9.17, 15) is 4.79 Å². The zero-order valence-corrected chi connectivity index (χ0v) is 11.3. The Morgan fingerprint density at radius 2 is 2.22 bits per heavy atom. The van der Waals surface area contributed by atoms with Gasteiger partial charge in [-0.3, -0.25) is 4.79 Å². The number of carbonyl (C=O) groups is 1. The molecule has 1 aromatic rings. The van der Waals surface area contributed by atoms with Gasteiger partial charge in [-0.1, -0.05) is 19.3 Å². The molecule has 2 rings (SSSR count). The highest BCUT2D eigenvalue weighted by Crippen LogP contribution is 2.33. The Morgan fingerprint density at radius 1 is 1.50 bits per heavy atom. The van der Waals surface area contributed by atoms with Gasteiger partial charge in [-0.15, -0.1) is 11.3 Å². The molecule has 1 aromatic heterocycles. The molecule has 0 amide bonds. The van der Waals surface area contributed by atoms with Gasteiger partial charge in [0, 0.05) is 17.7 Å². The summed E-state index contributed by atoms with van der Waals surface area (Å²) in [7, 11) is 0. The van der Waals surface area contributed by atoms with Crippen molar-refractivity contribution in [2.75, 3.05) is 0 Å². The number of thiazole rings is 1. The second-order valence-corrected chi connectivity index (χ2v) is 5.93. The Hall–Kier alpha value is -0.940. The molecule has 0 radical (unpaired) electrons. The fourth-order valence-electron chi connectivity index (χ4n) is 2.43. The molecule has 1 atom stereocenters. The number of aliphatic carboxylic acids is 1. The van der Waals surface area contributed by atoms with Crippen molar-refractivity contribution in [2.24, 2.45) is 5.73 Å². The number of aromatic nitrogens is 1. The topological polar surface area (TPSA) is 76.2 Å². The lowest BCUT2D eigenvalue weighted by atomic mass is 9.87. The Labute approximate surface area is 111 Å². The molecule has 1 aliphatic rings. The van der Waals surface area contributed by atoms with Crippen molar-refractivity contribution in [1.29, 1.82) is 0 Å². The lowest BCUT2D eigenvalue weighted by Crippen LogP contribution is -2.30. The first-order chi connectivity index (χ1) is 8.66. The minimum atomic E-state index is -0.931. The molecule has 1 saturated carbocycles. The number of rotatable bonds is 5. The maximum atomic E-state index is 10.6. The molecule has 4 nitrogen and oxygen atoms in total. The van der Waals surface area contributed by atoms with Crippen LogP contribution >= 0.6 is 11.3 Å². The van der Waals surface area contributed by atoms with E-state index in [1.54, 1.807) is 11.3 Å². The molecular formula is C13H20N2O2S. The third kappa shape index (κ3) is 3.53. The minimum absolute atomic E-state index is 0.465. The molecule has 1 aliphatic carbocycles. The van der Waals surface area contributed by atoms with Crippen LogP contribution < -0.4 is 5.73 Å². The maximum absolute atomic E-state index is 10.6. The number of hydrogen-bond acceptors (Lipinski definition) is 4. The SMILES string of the molecule is NC(CCc1nc(C2CCCCC2)cs1)C(=O)O. The Balaban J connectivity index is 1.87. The van der Waals surface area contributed by atoms with E-state index in [2.05, 4.69) is 10.4 Å². The smallest absolute Gasteiger partial charge is 0.320 e. The van der Waals surface area contributed by atoms with E-state index in [4.69, 9.17) is 10.8 Å². The third-order valence-electron chi connectivity index (χ3n) is 3.58. The molecule has 0 aromatic carbocycles. The summed E-state index contributed by atoms with van der Waals surface area (Å²) >= 11 is 1.64. The standard InChI is InChI=1S/C13H20N2O2S/c14-10(13(16)17)6-7-12-15-11(8-18-12)9-4-2-1-3-5-9/h8-10H,1-7,14H2,(H,16,17). The van der Waals surface area contributed by atoms with Gasteiger partial charge in [0.1, 0.15) is 6.04 Å². The van der Waals surface area contributed by atoms with Gasteiger partial charge in [0.2, 0.25) is 0 Å². The van der Waals surface area contributed by atoms with Crippen molar-refractivity contribution >= 4 is 17.3 Å². The van der Waals surface area contributed by atoms with Gasteiger partial charge < -0.3 is 10.8 Å². The van der Waals surface area contributed by atoms with Crippen molar-refractivity contribution in [1.82, 2.24) is 4.98 Å². The van der Waals surface area contributed by atoms with Crippen LogP contribution in [0.25, 0.3) is 0 Å². The van der Waals surface area contributed by atoms with Crippen molar-refractivity contribution in [3.8, 4) is 0 Å². The van der Waals surface area contributed by atoms with Crippen LogP contribution in [0.3, 0.4) is 0 Å². The van der Waals surface area contributed by atoms with Crippen molar-refractivity contribution in [2.45, 2.75) is 56.9 Å². The predicted molar refractivity (Wildman–Crippen MR) is 71.9 cm³/mol. The van der Waals surface area contributed by atoms with Gasteiger partial charge in [0.25, 0.3) is 0 Å². The average molecular weight is 268 g/mol. The number of carboxylic acids is 1. The van der Waals surface area contributed by atoms with Crippen LogP contribution in [-0.4, -0.2) is 22.1 Å². The molecule has 0 aliphatic heterocycles. The lowest BCUT2D eigenvalue weighted by Gasteiger charge is -2.19. The number of hydrogen-bond donors (Lipinski definition) is 2. The van der Waals surface area contributed by atoms with Gasteiger partial charge in [0.05, 0.1) is 10.7 Å². The normalized spacial score (nSPS) is 18.7. The van der Waals surface area contributed by atoms with E-state index in [1.165, 1.54) is 37.8 Å². The first-order valence-electron chi connectivity index (χ1n) is 6.59. The molecule has 1 fully saturated rings. The van der Waals surface area contributed by atoms with Gasteiger partial charge in [0.15, 0.2) is 0 Å². The van der Waals surface area contributed by atoms with Crippen molar-refractivity contribution in [3.05, 3.63) is 16.1 Å². The highest BCUT2D eigenvalue weighted by atomic mass is 32.1. The van der Waals surface area contributed by atoms with Crippen LogP contribution in [0.15, 0.2) is 5.38 Å². The zero-order valence-electron chi connectivity index (χ0n) is 10.5. The quantitative estimate of drug-likeness (QED) is 0.860. The van der Waals surface area contributed by atoms with Crippen LogP contribution in [0.4, 0.5) is 0 Å². The summed E-state index contributed by atoms with van der Waals surface area (Å²) < 4.78 is 0. The summed E-state index contributed by atoms with van der Waals surface area (Å²) in [6.07, 6.45) is 7.59. The highest BCUT2D eigenvalue weighted by Gasteiger charge is 2.18. The monoisotopic (exact) mass is 268 g/mol. The summed E-state index contributed by atoms with van der Waals surface area (Å²) in [5, 5.41) is 11.9. The van der Waals surface area contributed by atoms with Gasteiger partial charge in [-0.25, -0.2) is 4.98 Å². The van der Waals surface area contributed by atoms with Crippen LogP contribution in [-0.2, 0) is 11.2 Å². The molecule has 100 valence electrons. The first kappa shape index (κ1) is 13.5. The maximum Gasteiger partial charge on any atom is 0.320 e. The Bertz CT molecular complexity index is 399. The summed E-state index contributed by atoms with van der Waals surface area (Å²) in [5.41, 5.74) is 6.70. The second-order valence-electron chi connectivity index (χ2n) is 4.98. The van der Waals surface area contributed by atoms with E-state index >= 15 is 0 Å². The van der Waals surface area contributed by atoms with Crippen molar-refractivity contribution < 1.29 is 9.90 Å². The molecule has 18 heavy (non-hydrogen) atoms. The Kier molecular flexibility index (Phi) is 4.72. The van der Waals surface area contributed by atoms with Crippen LogP contribution in [0.5, 0.6) is 0 Å². The molecule has 0 spiro atoms. The third-order valence-corrected chi connectivity index (χ3v) is 4.51. The van der Waals surface area contributed by atoms with E-state index in [-0.39, 0.29) is 0 Å². The number of carboxylic acid groups (broad SMARTS) is 1. The fourth-order valence-corrected chi connectivity index (χ4v) is 3.32. The first-order valence-corrected chi connectivity index (χ1v) is 7.47. The minimum Gasteiger partial charge on any atom is -0.480 e. The summed E-state index contributed by atoms with van der Waals surface area (Å²) in [5.74, 6) is -0.309. The molecule has 0 bridgehead atoms. The van der Waals surface area contributed by atoms with Gasteiger partial charge >= 0.3 is 5.97 Å². The molecule has 1 unspecified atom stereocenters. The van der Waals surface area contributed by atoms with E-state index < -0.39 is 12.0 Å². The van der Waals surface area contributed by atoms with Gasteiger partial charge in [-0.05, 0) is 19.3 Å². The number of nitrogens with zero attached hydrogens (tertiary/aromatic N) is 1. The number of aryl methyl sites for hydroxylation is 1. The largest absolute Gasteiger partial charge is 0.480 e. The van der Waals surface area contributed by atoms with Crippen LogP contribution in [0.2, 0.25) is 0 Å². The van der Waals surface area contributed by atoms with E-state index in [1.807, 2.05) is 0 Å². The lowest BCUT2D eigenvalue weighted by molar-refractivity contribution is -0.138. The molecule has 0 saturated heterocycles. The molecule has 3 N–H and O–H groups in total. The number of nitrogens with two attached hydrogens (primary N) is 1. The average Bonchev–Trinajstić information content (AvgIpc) is 2.85. The van der Waals surface area contributed by atoms with Crippen LogP contribution in [0, 0.1) is 0 Å². The van der Waals surface area contributed by atoms with E-state index in [0.29, 0.717) is 18.8 Å². The summed E-state index contributed by atoms with van der Waals surface area (Å²) in [4.78, 5) is 15.3. The van der Waals surface area contributed by atoms with Gasteiger partial charge in [-0.2, -0.15) is 0 Å². The molecule has 1 heterocycles.